The van der Waals surface area contributed by atoms with Crippen molar-refractivity contribution in [2.24, 2.45) is 0 Å². The molecule has 0 aliphatic carbocycles. The van der Waals surface area contributed by atoms with Gasteiger partial charge in [-0.2, -0.15) is 0 Å². The molecular formula is C12H8N4O. The number of aromatic nitrogens is 4. The average Bonchev–Trinajstić information content (AvgIpc) is 2.90. The maximum Gasteiger partial charge on any atom is 0.266 e. The van der Waals surface area contributed by atoms with E-state index in [1.807, 2.05) is 30.3 Å². The Morgan fingerprint density at radius 3 is 2.59 bits per heavy atom. The van der Waals surface area contributed by atoms with Crippen molar-refractivity contribution < 1.29 is 4.42 Å². The first-order valence-corrected chi connectivity index (χ1v) is 5.09. The fourth-order valence-electron chi connectivity index (χ4n) is 1.42. The molecule has 3 rings (SSSR count). The van der Waals surface area contributed by atoms with Crippen LogP contribution in [-0.2, 0) is 0 Å². The van der Waals surface area contributed by atoms with Crippen molar-refractivity contribution in [1.29, 1.82) is 0 Å². The smallest absolute Gasteiger partial charge is 0.266 e. The van der Waals surface area contributed by atoms with Crippen LogP contribution in [0.1, 0.15) is 0 Å². The zero-order valence-corrected chi connectivity index (χ0v) is 8.82. The van der Waals surface area contributed by atoms with Crippen LogP contribution >= 0.6 is 0 Å². The van der Waals surface area contributed by atoms with E-state index in [1.165, 1.54) is 0 Å². The van der Waals surface area contributed by atoms with Crippen LogP contribution in [0.15, 0.2) is 53.3 Å². The van der Waals surface area contributed by atoms with Gasteiger partial charge in [-0.15, -0.1) is 10.2 Å². The van der Waals surface area contributed by atoms with Gasteiger partial charge >= 0.3 is 0 Å². The van der Waals surface area contributed by atoms with E-state index in [0.717, 1.165) is 5.56 Å². The van der Waals surface area contributed by atoms with Crippen molar-refractivity contribution >= 4 is 0 Å². The number of pyridine rings is 2. The van der Waals surface area contributed by atoms with Gasteiger partial charge in [0.2, 0.25) is 5.89 Å². The van der Waals surface area contributed by atoms with Gasteiger partial charge in [-0.1, -0.05) is 6.07 Å². The summed E-state index contributed by atoms with van der Waals surface area (Å²) in [4.78, 5) is 8.14. The molecule has 3 aromatic rings. The lowest BCUT2D eigenvalue weighted by Crippen LogP contribution is -1.80. The minimum atomic E-state index is 0.407. The fourth-order valence-corrected chi connectivity index (χ4v) is 1.42. The summed E-state index contributed by atoms with van der Waals surface area (Å²) < 4.78 is 5.53. The quantitative estimate of drug-likeness (QED) is 0.667. The highest BCUT2D eigenvalue weighted by molar-refractivity contribution is 5.54. The zero-order valence-electron chi connectivity index (χ0n) is 8.82. The Labute approximate surface area is 97.2 Å². The summed E-state index contributed by atoms with van der Waals surface area (Å²) in [6, 6.07) is 9.21. The number of hydrogen-bond acceptors (Lipinski definition) is 5. The van der Waals surface area contributed by atoms with Crippen LogP contribution in [0, 0.1) is 0 Å². The third-order valence-corrected chi connectivity index (χ3v) is 2.22. The van der Waals surface area contributed by atoms with Gasteiger partial charge in [0.05, 0.1) is 5.56 Å². The van der Waals surface area contributed by atoms with Crippen molar-refractivity contribution in [2.45, 2.75) is 0 Å². The van der Waals surface area contributed by atoms with E-state index in [1.54, 1.807) is 18.6 Å². The molecule has 0 aromatic carbocycles. The molecule has 0 N–H and O–H groups in total. The van der Waals surface area contributed by atoms with Gasteiger partial charge in [0.1, 0.15) is 5.69 Å². The molecule has 0 radical (unpaired) electrons. The minimum absolute atomic E-state index is 0.407. The molecule has 3 heterocycles. The van der Waals surface area contributed by atoms with Crippen molar-refractivity contribution in [1.82, 2.24) is 20.2 Å². The van der Waals surface area contributed by atoms with Crippen LogP contribution in [0.5, 0.6) is 0 Å². The first kappa shape index (κ1) is 9.65. The monoisotopic (exact) mass is 224 g/mol. The highest BCUT2D eigenvalue weighted by Crippen LogP contribution is 2.21. The molecule has 0 unspecified atom stereocenters. The van der Waals surface area contributed by atoms with Crippen LogP contribution < -0.4 is 0 Å². The Balaban J connectivity index is 1.99. The molecular weight excluding hydrogens is 216 g/mol. The van der Waals surface area contributed by atoms with Gasteiger partial charge in [-0.3, -0.25) is 9.97 Å². The summed E-state index contributed by atoms with van der Waals surface area (Å²) in [6.45, 7) is 0. The third-order valence-electron chi connectivity index (χ3n) is 2.22. The molecule has 0 saturated carbocycles. The van der Waals surface area contributed by atoms with Gasteiger partial charge < -0.3 is 4.42 Å². The molecule has 0 aliphatic heterocycles. The Hall–Kier alpha value is -2.56. The fraction of sp³-hybridized carbons (Fsp3) is 0. The van der Waals surface area contributed by atoms with E-state index >= 15 is 0 Å². The molecule has 82 valence electrons. The molecule has 17 heavy (non-hydrogen) atoms. The van der Waals surface area contributed by atoms with E-state index in [2.05, 4.69) is 20.2 Å². The van der Waals surface area contributed by atoms with Crippen molar-refractivity contribution in [2.75, 3.05) is 0 Å². The lowest BCUT2D eigenvalue weighted by atomic mass is 10.3. The Bertz CT molecular complexity index is 553. The number of rotatable bonds is 2. The van der Waals surface area contributed by atoms with Crippen LogP contribution in [0.2, 0.25) is 0 Å². The highest BCUT2D eigenvalue weighted by atomic mass is 16.4. The van der Waals surface area contributed by atoms with Gasteiger partial charge in [-0.25, -0.2) is 0 Å². The van der Waals surface area contributed by atoms with E-state index in [4.69, 9.17) is 4.42 Å². The van der Waals surface area contributed by atoms with Crippen LogP contribution in [-0.4, -0.2) is 20.2 Å². The summed E-state index contributed by atoms with van der Waals surface area (Å²) in [5.74, 6) is 0.850. The number of hydrogen-bond donors (Lipinski definition) is 0. The Morgan fingerprint density at radius 1 is 0.882 bits per heavy atom. The lowest BCUT2D eigenvalue weighted by Gasteiger charge is -1.92. The standard InChI is InChI=1S/C12H8N4O/c1-2-7-14-10(5-1)12-16-15-11(17-12)9-4-3-6-13-8-9/h1-8H. The minimum Gasteiger partial charge on any atom is -0.415 e. The molecule has 0 aliphatic rings. The van der Waals surface area contributed by atoms with Crippen LogP contribution in [0.25, 0.3) is 23.0 Å². The molecule has 0 fully saturated rings. The normalized spacial score (nSPS) is 10.4. The van der Waals surface area contributed by atoms with E-state index in [0.29, 0.717) is 17.5 Å². The molecule has 5 heteroatoms. The Morgan fingerprint density at radius 2 is 1.82 bits per heavy atom. The molecule has 0 atom stereocenters. The molecule has 0 bridgehead atoms. The zero-order chi connectivity index (χ0) is 11.5. The van der Waals surface area contributed by atoms with E-state index in [-0.39, 0.29) is 0 Å². The summed E-state index contributed by atoms with van der Waals surface area (Å²) in [7, 11) is 0. The summed E-state index contributed by atoms with van der Waals surface area (Å²) in [6.07, 6.45) is 5.05. The largest absolute Gasteiger partial charge is 0.415 e. The predicted octanol–water partition coefficient (Wildman–Crippen LogP) is 2.19. The van der Waals surface area contributed by atoms with Gasteiger partial charge in [0, 0.05) is 18.6 Å². The molecule has 5 nitrogen and oxygen atoms in total. The molecule has 0 saturated heterocycles. The average molecular weight is 224 g/mol. The maximum atomic E-state index is 5.53. The Kier molecular flexibility index (Phi) is 2.34. The summed E-state index contributed by atoms with van der Waals surface area (Å²) >= 11 is 0. The molecule has 0 amide bonds. The van der Waals surface area contributed by atoms with Gasteiger partial charge in [-0.05, 0) is 24.3 Å². The van der Waals surface area contributed by atoms with Crippen LogP contribution in [0.4, 0.5) is 0 Å². The van der Waals surface area contributed by atoms with Crippen LogP contribution in [0.3, 0.4) is 0 Å². The first-order valence-electron chi connectivity index (χ1n) is 5.09. The maximum absolute atomic E-state index is 5.53. The SMILES string of the molecule is c1ccc(-c2nnc(-c3cccnc3)o2)nc1. The lowest BCUT2D eigenvalue weighted by molar-refractivity contribution is 0.582. The molecule has 0 spiro atoms. The summed E-state index contributed by atoms with van der Waals surface area (Å²) in [5.41, 5.74) is 1.46. The summed E-state index contributed by atoms with van der Waals surface area (Å²) in [5, 5.41) is 7.92. The van der Waals surface area contributed by atoms with Crippen molar-refractivity contribution in [3.05, 3.63) is 48.9 Å². The molecule has 3 aromatic heterocycles. The third kappa shape index (κ3) is 1.90. The second-order valence-corrected chi connectivity index (χ2v) is 3.37. The first-order chi connectivity index (χ1) is 8.43. The van der Waals surface area contributed by atoms with Gasteiger partial charge in [0.25, 0.3) is 5.89 Å². The second-order valence-electron chi connectivity index (χ2n) is 3.37. The van der Waals surface area contributed by atoms with Crippen molar-refractivity contribution in [3.8, 4) is 23.0 Å². The predicted molar refractivity (Wildman–Crippen MR) is 60.8 cm³/mol. The van der Waals surface area contributed by atoms with Crippen molar-refractivity contribution in [3.63, 3.8) is 0 Å². The van der Waals surface area contributed by atoms with E-state index in [9.17, 15) is 0 Å². The number of nitrogens with zero attached hydrogens (tertiary/aromatic N) is 4. The topological polar surface area (TPSA) is 64.7 Å². The van der Waals surface area contributed by atoms with E-state index < -0.39 is 0 Å². The highest BCUT2D eigenvalue weighted by Gasteiger charge is 2.10. The second kappa shape index (κ2) is 4.13. The van der Waals surface area contributed by atoms with Gasteiger partial charge in [0.15, 0.2) is 0 Å².